The smallest absolute Gasteiger partial charge is 0.122 e. The highest BCUT2D eigenvalue weighted by atomic mass is 16.5. The van der Waals surface area contributed by atoms with E-state index in [2.05, 4.69) is 12.2 Å². The maximum absolute atomic E-state index is 9.19. The fourth-order valence-electron chi connectivity index (χ4n) is 1.62. The molecular formula is C14H23NO3. The summed E-state index contributed by atoms with van der Waals surface area (Å²) in [6.45, 7) is 3.75. The number of ether oxygens (including phenoxy) is 2. The van der Waals surface area contributed by atoms with Gasteiger partial charge in [-0.05, 0) is 31.5 Å². The molecular weight excluding hydrogens is 230 g/mol. The van der Waals surface area contributed by atoms with Crippen molar-refractivity contribution < 1.29 is 14.6 Å². The summed E-state index contributed by atoms with van der Waals surface area (Å²) in [6.07, 6.45) is 1.85. The molecule has 4 nitrogen and oxygen atoms in total. The number of aliphatic hydroxyl groups excluding tert-OH is 1. The summed E-state index contributed by atoms with van der Waals surface area (Å²) < 4.78 is 10.8. The lowest BCUT2D eigenvalue weighted by molar-refractivity contribution is 0.208. The van der Waals surface area contributed by atoms with Gasteiger partial charge in [0.15, 0.2) is 0 Å². The van der Waals surface area contributed by atoms with E-state index in [1.807, 2.05) is 24.3 Å². The number of hydrogen-bond donors (Lipinski definition) is 2. The van der Waals surface area contributed by atoms with Crippen molar-refractivity contribution >= 4 is 0 Å². The molecule has 0 radical (unpaired) electrons. The fraction of sp³-hybridized carbons (Fsp3) is 0.571. The van der Waals surface area contributed by atoms with E-state index in [1.54, 1.807) is 7.11 Å². The molecule has 0 heterocycles. The van der Waals surface area contributed by atoms with Crippen molar-refractivity contribution in [2.45, 2.75) is 25.8 Å². The molecule has 1 aromatic rings. The lowest BCUT2D eigenvalue weighted by atomic mass is 10.2. The fourth-order valence-corrected chi connectivity index (χ4v) is 1.62. The first-order valence-electron chi connectivity index (χ1n) is 6.41. The van der Waals surface area contributed by atoms with E-state index in [4.69, 9.17) is 9.47 Å². The van der Waals surface area contributed by atoms with Gasteiger partial charge in [0.2, 0.25) is 0 Å². The van der Waals surface area contributed by atoms with E-state index in [9.17, 15) is 5.11 Å². The van der Waals surface area contributed by atoms with Gasteiger partial charge in [0.05, 0.1) is 20.3 Å². The third-order valence-electron chi connectivity index (χ3n) is 2.68. The van der Waals surface area contributed by atoms with Gasteiger partial charge in [0, 0.05) is 12.1 Å². The first kappa shape index (κ1) is 14.8. The van der Waals surface area contributed by atoms with E-state index in [0.717, 1.165) is 30.9 Å². The molecule has 1 aromatic carbocycles. The molecule has 0 aliphatic rings. The van der Waals surface area contributed by atoms with E-state index < -0.39 is 0 Å². The van der Waals surface area contributed by atoms with Gasteiger partial charge in [0.1, 0.15) is 11.5 Å². The summed E-state index contributed by atoms with van der Waals surface area (Å²) in [5, 5.41) is 12.5. The maximum Gasteiger partial charge on any atom is 0.122 e. The predicted octanol–water partition coefficient (Wildman–Crippen LogP) is 1.82. The molecule has 0 spiro atoms. The number of methoxy groups -OCH3 is 1. The highest BCUT2D eigenvalue weighted by molar-refractivity contribution is 5.32. The van der Waals surface area contributed by atoms with Crippen LogP contribution in [-0.4, -0.2) is 38.0 Å². The Morgan fingerprint density at radius 2 is 2.11 bits per heavy atom. The standard InChI is InChI=1S/C14H23NO3/c1-3-8-15-12(11-16)7-9-18-14-6-4-5-13(10-14)17-2/h4-6,10,12,15-16H,3,7-9,11H2,1-2H3. The minimum absolute atomic E-state index is 0.107. The Kier molecular flexibility index (Phi) is 7.22. The zero-order chi connectivity index (χ0) is 13.2. The Morgan fingerprint density at radius 3 is 2.78 bits per heavy atom. The number of rotatable bonds is 9. The van der Waals surface area contributed by atoms with Crippen molar-refractivity contribution in [3.63, 3.8) is 0 Å². The summed E-state index contributed by atoms with van der Waals surface area (Å²) in [6, 6.07) is 7.64. The van der Waals surface area contributed by atoms with Crippen LogP contribution in [0.1, 0.15) is 19.8 Å². The van der Waals surface area contributed by atoms with Gasteiger partial charge in [-0.1, -0.05) is 13.0 Å². The van der Waals surface area contributed by atoms with Crippen LogP contribution in [0.4, 0.5) is 0 Å². The average molecular weight is 253 g/mol. The Balaban J connectivity index is 2.30. The molecule has 2 N–H and O–H groups in total. The number of aliphatic hydroxyl groups is 1. The van der Waals surface area contributed by atoms with Gasteiger partial charge in [-0.2, -0.15) is 0 Å². The Hall–Kier alpha value is -1.26. The third-order valence-corrected chi connectivity index (χ3v) is 2.68. The van der Waals surface area contributed by atoms with Gasteiger partial charge in [0.25, 0.3) is 0 Å². The van der Waals surface area contributed by atoms with Crippen LogP contribution in [0.25, 0.3) is 0 Å². The van der Waals surface area contributed by atoms with E-state index in [1.165, 1.54) is 0 Å². The van der Waals surface area contributed by atoms with Crippen molar-refractivity contribution in [1.29, 1.82) is 0 Å². The second-order valence-electron chi connectivity index (χ2n) is 4.15. The summed E-state index contributed by atoms with van der Waals surface area (Å²) in [7, 11) is 1.63. The normalized spacial score (nSPS) is 12.2. The molecule has 0 bridgehead atoms. The molecule has 0 aliphatic heterocycles. The van der Waals surface area contributed by atoms with Crippen LogP contribution >= 0.6 is 0 Å². The molecule has 0 aliphatic carbocycles. The van der Waals surface area contributed by atoms with Gasteiger partial charge >= 0.3 is 0 Å². The molecule has 1 rings (SSSR count). The summed E-state index contributed by atoms with van der Waals surface area (Å²) >= 11 is 0. The monoisotopic (exact) mass is 253 g/mol. The molecule has 1 atom stereocenters. The third kappa shape index (κ3) is 5.38. The number of benzene rings is 1. The highest BCUT2D eigenvalue weighted by Gasteiger charge is 2.06. The van der Waals surface area contributed by atoms with E-state index in [0.29, 0.717) is 6.61 Å². The maximum atomic E-state index is 9.19. The summed E-state index contributed by atoms with van der Waals surface area (Å²) in [5.41, 5.74) is 0. The van der Waals surface area contributed by atoms with Crippen molar-refractivity contribution in [2.24, 2.45) is 0 Å². The van der Waals surface area contributed by atoms with Gasteiger partial charge in [-0.3, -0.25) is 0 Å². The first-order chi connectivity index (χ1) is 8.80. The lowest BCUT2D eigenvalue weighted by Gasteiger charge is -2.16. The van der Waals surface area contributed by atoms with Crippen LogP contribution in [0.2, 0.25) is 0 Å². The van der Waals surface area contributed by atoms with Crippen LogP contribution in [0, 0.1) is 0 Å². The molecule has 0 saturated carbocycles. The largest absolute Gasteiger partial charge is 0.497 e. The number of hydrogen-bond acceptors (Lipinski definition) is 4. The van der Waals surface area contributed by atoms with Crippen LogP contribution < -0.4 is 14.8 Å². The average Bonchev–Trinajstić information content (AvgIpc) is 2.43. The molecule has 0 amide bonds. The van der Waals surface area contributed by atoms with Gasteiger partial charge in [-0.25, -0.2) is 0 Å². The molecule has 0 aromatic heterocycles. The summed E-state index contributed by atoms with van der Waals surface area (Å²) in [4.78, 5) is 0. The predicted molar refractivity (Wildman–Crippen MR) is 72.3 cm³/mol. The minimum Gasteiger partial charge on any atom is -0.497 e. The Bertz CT molecular complexity index is 331. The van der Waals surface area contributed by atoms with Crippen molar-refractivity contribution in [3.05, 3.63) is 24.3 Å². The van der Waals surface area contributed by atoms with E-state index >= 15 is 0 Å². The Labute approximate surface area is 109 Å². The van der Waals surface area contributed by atoms with Crippen LogP contribution in [0.15, 0.2) is 24.3 Å². The van der Waals surface area contributed by atoms with Crippen LogP contribution in [-0.2, 0) is 0 Å². The molecule has 0 saturated heterocycles. The van der Waals surface area contributed by atoms with Gasteiger partial charge < -0.3 is 19.9 Å². The SMILES string of the molecule is CCCNC(CO)CCOc1cccc(OC)c1. The molecule has 0 fully saturated rings. The van der Waals surface area contributed by atoms with Crippen LogP contribution in [0.5, 0.6) is 11.5 Å². The molecule has 4 heteroatoms. The molecule has 18 heavy (non-hydrogen) atoms. The van der Waals surface area contributed by atoms with Crippen LogP contribution in [0.3, 0.4) is 0 Å². The van der Waals surface area contributed by atoms with E-state index in [-0.39, 0.29) is 12.6 Å². The first-order valence-corrected chi connectivity index (χ1v) is 6.41. The molecule has 102 valence electrons. The highest BCUT2D eigenvalue weighted by Crippen LogP contribution is 2.18. The second kappa shape index (κ2) is 8.78. The van der Waals surface area contributed by atoms with Crippen molar-refractivity contribution in [3.8, 4) is 11.5 Å². The number of nitrogens with one attached hydrogen (secondary N) is 1. The zero-order valence-electron chi connectivity index (χ0n) is 11.2. The summed E-state index contributed by atoms with van der Waals surface area (Å²) in [5.74, 6) is 1.58. The second-order valence-corrected chi connectivity index (χ2v) is 4.15. The Morgan fingerprint density at radius 1 is 1.33 bits per heavy atom. The molecule has 1 unspecified atom stereocenters. The quantitative estimate of drug-likeness (QED) is 0.705. The van der Waals surface area contributed by atoms with Crippen molar-refractivity contribution in [1.82, 2.24) is 5.32 Å². The van der Waals surface area contributed by atoms with Gasteiger partial charge in [-0.15, -0.1) is 0 Å². The zero-order valence-corrected chi connectivity index (χ0v) is 11.2. The minimum atomic E-state index is 0.107. The lowest BCUT2D eigenvalue weighted by Crippen LogP contribution is -2.34. The topological polar surface area (TPSA) is 50.7 Å². The van der Waals surface area contributed by atoms with Crippen molar-refractivity contribution in [2.75, 3.05) is 26.9 Å².